The van der Waals surface area contributed by atoms with Gasteiger partial charge in [-0.3, -0.25) is 19.5 Å². The minimum Gasteiger partial charge on any atom is -0.335 e. The Labute approximate surface area is 185 Å². The SMILES string of the molecule is CCCCCn1c(SCC(=O)NC(=O)NC2CCCC2)nc2cc(Cl)ccc2c1=O. The van der Waals surface area contributed by atoms with E-state index in [1.54, 1.807) is 22.8 Å². The first-order valence-electron chi connectivity index (χ1n) is 10.4. The molecular weight excluding hydrogens is 424 g/mol. The Morgan fingerprint density at radius 1 is 1.27 bits per heavy atom. The number of imide groups is 1. The van der Waals surface area contributed by atoms with E-state index in [-0.39, 0.29) is 17.4 Å². The molecule has 162 valence electrons. The Morgan fingerprint density at radius 2 is 2.03 bits per heavy atom. The van der Waals surface area contributed by atoms with Crippen LogP contribution in [-0.2, 0) is 11.3 Å². The van der Waals surface area contributed by atoms with Crippen molar-refractivity contribution in [1.29, 1.82) is 0 Å². The third kappa shape index (κ3) is 5.98. The van der Waals surface area contributed by atoms with Crippen LogP contribution < -0.4 is 16.2 Å². The van der Waals surface area contributed by atoms with Crippen molar-refractivity contribution in [3.63, 3.8) is 0 Å². The minimum absolute atomic E-state index is 0.00955. The van der Waals surface area contributed by atoms with Crippen LogP contribution in [0.25, 0.3) is 10.9 Å². The molecule has 0 saturated heterocycles. The lowest BCUT2D eigenvalue weighted by Gasteiger charge is -2.14. The third-order valence-corrected chi connectivity index (χ3v) is 6.35. The molecule has 1 aliphatic carbocycles. The molecule has 9 heteroatoms. The van der Waals surface area contributed by atoms with Crippen molar-refractivity contribution in [2.24, 2.45) is 0 Å². The van der Waals surface area contributed by atoms with Gasteiger partial charge in [0, 0.05) is 17.6 Å². The number of aromatic nitrogens is 2. The van der Waals surface area contributed by atoms with E-state index in [1.807, 2.05) is 0 Å². The first-order chi connectivity index (χ1) is 14.5. The number of fused-ring (bicyclic) bond motifs is 1. The summed E-state index contributed by atoms with van der Waals surface area (Å²) in [7, 11) is 0. The van der Waals surface area contributed by atoms with Crippen molar-refractivity contribution in [3.8, 4) is 0 Å². The van der Waals surface area contributed by atoms with Gasteiger partial charge in [-0.05, 0) is 37.5 Å². The Morgan fingerprint density at radius 3 is 2.77 bits per heavy atom. The molecule has 1 aliphatic rings. The monoisotopic (exact) mass is 450 g/mol. The highest BCUT2D eigenvalue weighted by molar-refractivity contribution is 7.99. The molecule has 2 N–H and O–H groups in total. The van der Waals surface area contributed by atoms with E-state index >= 15 is 0 Å². The average molecular weight is 451 g/mol. The van der Waals surface area contributed by atoms with Crippen LogP contribution in [-0.4, -0.2) is 33.3 Å². The summed E-state index contributed by atoms with van der Waals surface area (Å²) >= 11 is 7.21. The van der Waals surface area contributed by atoms with E-state index < -0.39 is 11.9 Å². The summed E-state index contributed by atoms with van der Waals surface area (Å²) in [5.41, 5.74) is 0.357. The lowest BCUT2D eigenvalue weighted by Crippen LogP contribution is -2.44. The quantitative estimate of drug-likeness (QED) is 0.359. The van der Waals surface area contributed by atoms with Crippen LogP contribution in [0.2, 0.25) is 5.02 Å². The molecule has 1 heterocycles. The van der Waals surface area contributed by atoms with Gasteiger partial charge in [0.25, 0.3) is 5.56 Å². The number of halogens is 1. The number of benzene rings is 1. The Kier molecular flexibility index (Phi) is 8.16. The second kappa shape index (κ2) is 10.8. The van der Waals surface area contributed by atoms with E-state index in [0.29, 0.717) is 27.6 Å². The smallest absolute Gasteiger partial charge is 0.321 e. The highest BCUT2D eigenvalue weighted by atomic mass is 35.5. The number of thioether (sulfide) groups is 1. The van der Waals surface area contributed by atoms with Crippen molar-refractivity contribution >= 4 is 46.2 Å². The lowest BCUT2D eigenvalue weighted by molar-refractivity contribution is -0.117. The molecule has 1 fully saturated rings. The van der Waals surface area contributed by atoms with Crippen molar-refractivity contribution in [2.75, 3.05) is 5.75 Å². The number of unbranched alkanes of at least 4 members (excludes halogenated alkanes) is 2. The number of carbonyl (C=O) groups is 2. The average Bonchev–Trinajstić information content (AvgIpc) is 3.21. The van der Waals surface area contributed by atoms with E-state index in [9.17, 15) is 14.4 Å². The molecule has 30 heavy (non-hydrogen) atoms. The molecule has 0 atom stereocenters. The molecule has 0 unspecified atom stereocenters. The summed E-state index contributed by atoms with van der Waals surface area (Å²) in [6, 6.07) is 4.67. The maximum atomic E-state index is 13.0. The first-order valence-corrected chi connectivity index (χ1v) is 11.8. The molecule has 2 aromatic rings. The zero-order valence-corrected chi connectivity index (χ0v) is 18.7. The van der Waals surface area contributed by atoms with Gasteiger partial charge in [-0.1, -0.05) is 56.0 Å². The molecular formula is C21H27ClN4O3S. The summed E-state index contributed by atoms with van der Waals surface area (Å²) in [5, 5.41) is 6.64. The molecule has 0 radical (unpaired) electrons. The molecule has 0 bridgehead atoms. The number of hydrogen-bond acceptors (Lipinski definition) is 5. The van der Waals surface area contributed by atoms with Crippen LogP contribution in [0.5, 0.6) is 0 Å². The summed E-state index contributed by atoms with van der Waals surface area (Å²) in [6.07, 6.45) is 6.97. The third-order valence-electron chi connectivity index (χ3n) is 5.14. The number of urea groups is 1. The zero-order valence-electron chi connectivity index (χ0n) is 17.1. The highest BCUT2D eigenvalue weighted by Crippen LogP contribution is 2.21. The fourth-order valence-corrected chi connectivity index (χ4v) is 4.58. The number of nitrogens with one attached hydrogen (secondary N) is 2. The van der Waals surface area contributed by atoms with Crippen molar-refractivity contribution < 1.29 is 9.59 Å². The predicted molar refractivity (Wildman–Crippen MR) is 120 cm³/mol. The van der Waals surface area contributed by atoms with Crippen molar-refractivity contribution in [1.82, 2.24) is 20.2 Å². The normalized spacial score (nSPS) is 14.2. The highest BCUT2D eigenvalue weighted by Gasteiger charge is 2.19. The van der Waals surface area contributed by atoms with E-state index in [4.69, 9.17) is 11.6 Å². The van der Waals surface area contributed by atoms with Crippen LogP contribution in [0.3, 0.4) is 0 Å². The van der Waals surface area contributed by atoms with Gasteiger partial charge in [-0.25, -0.2) is 9.78 Å². The molecule has 3 amide bonds. The van der Waals surface area contributed by atoms with Crippen LogP contribution in [0, 0.1) is 0 Å². The summed E-state index contributed by atoms with van der Waals surface area (Å²) < 4.78 is 1.61. The molecule has 1 aromatic heterocycles. The van der Waals surface area contributed by atoms with Gasteiger partial charge in [-0.2, -0.15) is 0 Å². The zero-order chi connectivity index (χ0) is 21.5. The van der Waals surface area contributed by atoms with Crippen molar-refractivity contribution in [3.05, 3.63) is 33.6 Å². The van der Waals surface area contributed by atoms with Crippen LogP contribution in [0.1, 0.15) is 51.9 Å². The van der Waals surface area contributed by atoms with E-state index in [0.717, 1.165) is 56.7 Å². The summed E-state index contributed by atoms with van der Waals surface area (Å²) in [4.78, 5) is 41.8. The number of carbonyl (C=O) groups excluding carboxylic acids is 2. The van der Waals surface area contributed by atoms with Crippen LogP contribution in [0.15, 0.2) is 28.2 Å². The molecule has 0 aliphatic heterocycles. The standard InChI is InChI=1S/C21H27ClN4O3S/c1-2-3-6-11-26-19(28)16-10-9-14(22)12-17(16)24-21(26)30-13-18(27)25-20(29)23-15-7-4-5-8-15/h9-10,12,15H,2-8,11,13H2,1H3,(H2,23,25,27,29). The van der Waals surface area contributed by atoms with Gasteiger partial charge in [0.15, 0.2) is 5.16 Å². The van der Waals surface area contributed by atoms with Gasteiger partial charge in [0.05, 0.1) is 16.7 Å². The molecule has 7 nitrogen and oxygen atoms in total. The number of nitrogens with zero attached hydrogens (tertiary/aromatic N) is 2. The number of amides is 3. The maximum Gasteiger partial charge on any atom is 0.321 e. The van der Waals surface area contributed by atoms with Gasteiger partial charge >= 0.3 is 6.03 Å². The van der Waals surface area contributed by atoms with E-state index in [2.05, 4.69) is 22.5 Å². The summed E-state index contributed by atoms with van der Waals surface area (Å²) in [6.45, 7) is 2.63. The van der Waals surface area contributed by atoms with Gasteiger partial charge in [0.2, 0.25) is 5.91 Å². The van der Waals surface area contributed by atoms with Crippen LogP contribution in [0.4, 0.5) is 4.79 Å². The van der Waals surface area contributed by atoms with Gasteiger partial charge in [0.1, 0.15) is 0 Å². The Balaban J connectivity index is 1.71. The second-order valence-corrected chi connectivity index (χ2v) is 8.89. The van der Waals surface area contributed by atoms with Crippen molar-refractivity contribution in [2.45, 2.75) is 69.6 Å². The number of hydrogen-bond donors (Lipinski definition) is 2. The predicted octanol–water partition coefficient (Wildman–Crippen LogP) is 4.10. The fraction of sp³-hybridized carbons (Fsp3) is 0.524. The first kappa shape index (κ1) is 22.6. The van der Waals surface area contributed by atoms with E-state index in [1.165, 1.54) is 0 Å². The molecule has 0 spiro atoms. The minimum atomic E-state index is -0.467. The fourth-order valence-electron chi connectivity index (χ4n) is 3.59. The Bertz CT molecular complexity index is 973. The summed E-state index contributed by atoms with van der Waals surface area (Å²) in [5.74, 6) is -0.430. The van der Waals surface area contributed by atoms with Gasteiger partial charge < -0.3 is 5.32 Å². The van der Waals surface area contributed by atoms with Crippen LogP contribution >= 0.6 is 23.4 Å². The largest absolute Gasteiger partial charge is 0.335 e. The lowest BCUT2D eigenvalue weighted by atomic mass is 10.2. The molecule has 3 rings (SSSR count). The maximum absolute atomic E-state index is 13.0. The van der Waals surface area contributed by atoms with Gasteiger partial charge in [-0.15, -0.1) is 0 Å². The Hall–Kier alpha value is -2.06. The second-order valence-electron chi connectivity index (χ2n) is 7.51. The molecule has 1 aromatic carbocycles. The topological polar surface area (TPSA) is 93.1 Å². The number of rotatable bonds is 8. The molecule has 1 saturated carbocycles.